The van der Waals surface area contributed by atoms with Crippen molar-refractivity contribution in [2.75, 3.05) is 5.32 Å². The molecule has 2 aromatic rings. The molecule has 25 heavy (non-hydrogen) atoms. The van der Waals surface area contributed by atoms with E-state index in [2.05, 4.69) is 38.0 Å². The summed E-state index contributed by atoms with van der Waals surface area (Å²) in [5, 5.41) is 7.73. The lowest BCUT2D eigenvalue weighted by atomic mass is 9.92. The lowest BCUT2D eigenvalue weighted by Crippen LogP contribution is -2.33. The molecule has 0 unspecified atom stereocenters. The summed E-state index contributed by atoms with van der Waals surface area (Å²) in [4.78, 5) is 9.36. The van der Waals surface area contributed by atoms with Crippen LogP contribution < -0.4 is 11.1 Å². The van der Waals surface area contributed by atoms with E-state index in [4.69, 9.17) is 15.2 Å². The van der Waals surface area contributed by atoms with Gasteiger partial charge >= 0.3 is 0 Å². The molecule has 134 valence electrons. The second-order valence-electron chi connectivity index (χ2n) is 7.28. The molecular formula is C18H24IN5O. The molecule has 0 aliphatic heterocycles. The summed E-state index contributed by atoms with van der Waals surface area (Å²) in [5.74, 6) is 1.46. The second-order valence-corrected chi connectivity index (χ2v) is 8.04. The fourth-order valence-electron chi connectivity index (χ4n) is 3.45. The molecule has 0 radical (unpaired) electrons. The normalized spacial score (nSPS) is 23.6. The first-order valence-corrected chi connectivity index (χ1v) is 10.6. The molecule has 0 aromatic carbocycles. The first-order valence-electron chi connectivity index (χ1n) is 9.10. The Labute approximate surface area is 161 Å². The summed E-state index contributed by atoms with van der Waals surface area (Å²) in [6.45, 7) is 0. The van der Waals surface area contributed by atoms with Crippen LogP contribution in [-0.2, 0) is 10.8 Å². The van der Waals surface area contributed by atoms with Crippen molar-refractivity contribution in [1.82, 2.24) is 15.1 Å². The van der Waals surface area contributed by atoms with Gasteiger partial charge in [0, 0.05) is 28.3 Å². The number of halogens is 1. The Balaban J connectivity index is 1.57. The molecule has 7 heteroatoms. The van der Waals surface area contributed by atoms with Gasteiger partial charge in [0.2, 0.25) is 5.95 Å². The predicted molar refractivity (Wildman–Crippen MR) is 106 cm³/mol. The van der Waals surface area contributed by atoms with Gasteiger partial charge in [-0.1, -0.05) is 27.7 Å². The van der Waals surface area contributed by atoms with Crippen LogP contribution in [0.4, 0.5) is 5.95 Å². The van der Waals surface area contributed by atoms with Crippen LogP contribution in [0, 0.1) is 5.92 Å². The molecule has 2 saturated carbocycles. The van der Waals surface area contributed by atoms with E-state index in [1.165, 1.54) is 12.8 Å². The van der Waals surface area contributed by atoms with E-state index in [0.29, 0.717) is 18.0 Å². The number of hydrogen-bond acceptors (Lipinski definition) is 6. The Morgan fingerprint density at radius 3 is 2.72 bits per heavy atom. The monoisotopic (exact) mass is 453 g/mol. The fraction of sp³-hybridized carbons (Fsp3) is 0.611. The van der Waals surface area contributed by atoms with Crippen LogP contribution in [0.3, 0.4) is 0 Å². The highest BCUT2D eigenvalue weighted by atomic mass is 127. The summed E-state index contributed by atoms with van der Waals surface area (Å²) >= 11 is 2.36. The number of aromatic nitrogens is 3. The zero-order valence-electron chi connectivity index (χ0n) is 14.2. The van der Waals surface area contributed by atoms with Crippen molar-refractivity contribution >= 4 is 28.5 Å². The van der Waals surface area contributed by atoms with Gasteiger partial charge in [-0.25, -0.2) is 9.97 Å². The minimum Gasteiger partial charge on any atom is -0.364 e. The minimum absolute atomic E-state index is 0.345. The first kappa shape index (κ1) is 17.2. The number of hydrogen-bond donors (Lipinski definition) is 2. The van der Waals surface area contributed by atoms with Crippen molar-refractivity contribution in [2.24, 2.45) is 11.7 Å². The number of nitrogens with one attached hydrogen (secondary N) is 1. The molecule has 0 saturated heterocycles. The van der Waals surface area contributed by atoms with Crippen LogP contribution in [-0.4, -0.2) is 27.2 Å². The zero-order valence-corrected chi connectivity index (χ0v) is 16.4. The zero-order chi connectivity index (χ0) is 17.2. The highest BCUT2D eigenvalue weighted by Crippen LogP contribution is 2.36. The van der Waals surface area contributed by atoms with E-state index in [1.807, 2.05) is 6.20 Å². The maximum absolute atomic E-state index is 6.00. The summed E-state index contributed by atoms with van der Waals surface area (Å²) in [6, 6.07) is 0.754. The van der Waals surface area contributed by atoms with E-state index in [-0.39, 0.29) is 0 Å². The maximum Gasteiger partial charge on any atom is 0.223 e. The highest BCUT2D eigenvalue weighted by Gasteiger charge is 2.26. The van der Waals surface area contributed by atoms with Crippen molar-refractivity contribution in [2.45, 2.75) is 61.5 Å². The van der Waals surface area contributed by atoms with Gasteiger partial charge in [0.15, 0.2) is 0 Å². The van der Waals surface area contributed by atoms with Crippen LogP contribution >= 0.6 is 22.6 Å². The van der Waals surface area contributed by atoms with Gasteiger partial charge in [0.1, 0.15) is 6.26 Å². The van der Waals surface area contributed by atoms with Crippen molar-refractivity contribution in [3.05, 3.63) is 23.7 Å². The Hall–Kier alpha value is -1.22. The average molecular weight is 453 g/mol. The topological polar surface area (TPSA) is 89.9 Å². The van der Waals surface area contributed by atoms with Crippen LogP contribution in [0.15, 0.2) is 17.0 Å². The predicted octanol–water partition coefficient (Wildman–Crippen LogP) is 3.70. The van der Waals surface area contributed by atoms with Gasteiger partial charge in [-0.3, -0.25) is 0 Å². The van der Waals surface area contributed by atoms with Crippen LogP contribution in [0.1, 0.15) is 49.8 Å². The van der Waals surface area contributed by atoms with E-state index < -0.39 is 0 Å². The molecule has 2 aromatic heterocycles. The van der Waals surface area contributed by atoms with Gasteiger partial charge < -0.3 is 15.6 Å². The summed E-state index contributed by atoms with van der Waals surface area (Å²) < 4.78 is 6.14. The molecule has 2 heterocycles. The molecule has 0 bridgehead atoms. The van der Waals surface area contributed by atoms with Gasteiger partial charge in [-0.05, 0) is 50.9 Å². The van der Waals surface area contributed by atoms with Crippen LogP contribution in [0.5, 0.6) is 0 Å². The highest BCUT2D eigenvalue weighted by molar-refractivity contribution is 14.1. The van der Waals surface area contributed by atoms with E-state index in [9.17, 15) is 0 Å². The number of alkyl halides is 1. The summed E-state index contributed by atoms with van der Waals surface area (Å²) in [7, 11) is 0. The Bertz CT molecular complexity index is 722. The lowest BCUT2D eigenvalue weighted by Gasteiger charge is -2.26. The number of nitrogens with two attached hydrogens (primary N) is 1. The van der Waals surface area contributed by atoms with Crippen LogP contribution in [0.2, 0.25) is 0 Å². The minimum atomic E-state index is 0.345. The molecule has 3 N–H and O–H groups in total. The molecule has 0 spiro atoms. The van der Waals surface area contributed by atoms with E-state index >= 15 is 0 Å². The van der Waals surface area contributed by atoms with Gasteiger partial charge in [0.05, 0.1) is 17.0 Å². The van der Waals surface area contributed by atoms with E-state index in [0.717, 1.165) is 65.0 Å². The van der Waals surface area contributed by atoms with Gasteiger partial charge in [0.25, 0.3) is 0 Å². The molecule has 0 atom stereocenters. The quantitative estimate of drug-likeness (QED) is 0.512. The number of nitrogens with zero attached hydrogens (tertiary/aromatic N) is 3. The maximum atomic E-state index is 6.00. The third-order valence-electron chi connectivity index (χ3n) is 5.19. The molecule has 4 rings (SSSR count). The van der Waals surface area contributed by atoms with Crippen molar-refractivity contribution < 1.29 is 4.52 Å². The average Bonchev–Trinajstić information content (AvgIpc) is 3.32. The van der Waals surface area contributed by atoms with Gasteiger partial charge in [-0.15, -0.1) is 0 Å². The lowest BCUT2D eigenvalue weighted by molar-refractivity contribution is 0.409. The second kappa shape index (κ2) is 7.57. The molecular weight excluding hydrogens is 429 g/mol. The largest absolute Gasteiger partial charge is 0.364 e. The smallest absolute Gasteiger partial charge is 0.223 e. The SMILES string of the molecule is NC1CCC(Nc2ncc(CI)c(-c3conc3CC3CC3)n2)CC1. The number of anilines is 1. The molecule has 0 amide bonds. The summed E-state index contributed by atoms with van der Waals surface area (Å²) in [6.07, 6.45) is 11.5. The Kier molecular flexibility index (Phi) is 5.21. The number of rotatable bonds is 6. The Morgan fingerprint density at radius 2 is 2.00 bits per heavy atom. The third kappa shape index (κ3) is 4.13. The Morgan fingerprint density at radius 1 is 1.20 bits per heavy atom. The van der Waals surface area contributed by atoms with Gasteiger partial charge in [-0.2, -0.15) is 0 Å². The first-order chi connectivity index (χ1) is 12.2. The molecule has 2 aliphatic carbocycles. The molecule has 2 fully saturated rings. The molecule has 6 nitrogen and oxygen atoms in total. The third-order valence-corrected chi connectivity index (χ3v) is 6.01. The van der Waals surface area contributed by atoms with E-state index in [1.54, 1.807) is 6.26 Å². The standard InChI is InChI=1S/C18H24IN5O/c19-8-12-9-21-18(22-14-5-3-13(20)4-6-14)23-17(12)15-10-25-24-16(15)7-11-1-2-11/h9-11,13-14H,1-8,20H2,(H,21,22,23). The van der Waals surface area contributed by atoms with Crippen LogP contribution in [0.25, 0.3) is 11.3 Å². The molecule has 2 aliphatic rings. The van der Waals surface area contributed by atoms with Crippen molar-refractivity contribution in [3.8, 4) is 11.3 Å². The van der Waals surface area contributed by atoms with Crippen molar-refractivity contribution in [1.29, 1.82) is 0 Å². The van der Waals surface area contributed by atoms with Crippen molar-refractivity contribution in [3.63, 3.8) is 0 Å². The summed E-state index contributed by atoms with van der Waals surface area (Å²) in [5.41, 5.74) is 10.1. The fourth-order valence-corrected chi connectivity index (χ4v) is 4.01.